The third-order valence-electron chi connectivity index (χ3n) is 3.75. The topological polar surface area (TPSA) is 88.9 Å². The second-order valence-electron chi connectivity index (χ2n) is 5.50. The molecular formula is C16H18N2O5S. The number of ether oxygens (including phenoxy) is 1. The fourth-order valence-corrected chi connectivity index (χ4v) is 4.19. The molecule has 0 spiro atoms. The van der Waals surface area contributed by atoms with Gasteiger partial charge in [0.2, 0.25) is 10.0 Å². The molecule has 1 unspecified atom stereocenters. The number of rotatable bonds is 4. The van der Waals surface area contributed by atoms with Gasteiger partial charge in [0.1, 0.15) is 0 Å². The standard InChI is InChI=1S/C16H18N2O5S/c1-12-11-22-9-7-18(12)24(20,21)14-5-2-4-13(10-14)17-16(19)15-6-3-8-23-15/h2-6,8,10,12H,7,9,11H2,1H3,(H,17,19). The molecule has 8 heteroatoms. The summed E-state index contributed by atoms with van der Waals surface area (Å²) in [5.74, 6) is -0.278. The van der Waals surface area contributed by atoms with Crippen molar-refractivity contribution in [3.8, 4) is 0 Å². The Morgan fingerprint density at radius 2 is 2.12 bits per heavy atom. The average molecular weight is 350 g/mol. The van der Waals surface area contributed by atoms with Crippen molar-refractivity contribution in [2.75, 3.05) is 25.1 Å². The van der Waals surface area contributed by atoms with E-state index in [1.807, 2.05) is 0 Å². The quantitative estimate of drug-likeness (QED) is 0.910. The monoisotopic (exact) mass is 350 g/mol. The van der Waals surface area contributed by atoms with E-state index in [1.54, 1.807) is 25.1 Å². The van der Waals surface area contributed by atoms with Crippen LogP contribution >= 0.6 is 0 Å². The lowest BCUT2D eigenvalue weighted by molar-refractivity contribution is 0.0393. The minimum Gasteiger partial charge on any atom is -0.459 e. The maximum atomic E-state index is 12.8. The summed E-state index contributed by atoms with van der Waals surface area (Å²) in [6.45, 7) is 2.86. The number of nitrogens with zero attached hydrogens (tertiary/aromatic N) is 1. The van der Waals surface area contributed by atoms with Crippen LogP contribution in [0.4, 0.5) is 5.69 Å². The molecule has 24 heavy (non-hydrogen) atoms. The van der Waals surface area contributed by atoms with Gasteiger partial charge in [0.05, 0.1) is 24.4 Å². The number of amides is 1. The van der Waals surface area contributed by atoms with E-state index in [0.29, 0.717) is 25.4 Å². The van der Waals surface area contributed by atoms with Crippen molar-refractivity contribution in [2.24, 2.45) is 0 Å². The number of carbonyl (C=O) groups excluding carboxylic acids is 1. The van der Waals surface area contributed by atoms with E-state index in [0.717, 1.165) is 0 Å². The normalized spacial score (nSPS) is 19.1. The lowest BCUT2D eigenvalue weighted by Crippen LogP contribution is -2.46. The molecule has 1 aromatic heterocycles. The third-order valence-corrected chi connectivity index (χ3v) is 5.76. The number of nitrogens with one attached hydrogen (secondary N) is 1. The Bertz CT molecular complexity index is 817. The van der Waals surface area contributed by atoms with E-state index in [-0.39, 0.29) is 16.7 Å². The highest BCUT2D eigenvalue weighted by molar-refractivity contribution is 7.89. The fourth-order valence-electron chi connectivity index (χ4n) is 2.54. The summed E-state index contributed by atoms with van der Waals surface area (Å²) in [6, 6.07) is 9.09. The third kappa shape index (κ3) is 3.35. The molecule has 0 saturated carbocycles. The van der Waals surface area contributed by atoms with Crippen LogP contribution in [-0.4, -0.2) is 44.4 Å². The zero-order valence-corrected chi connectivity index (χ0v) is 14.0. The molecule has 1 aliphatic heterocycles. The number of carbonyl (C=O) groups is 1. The molecule has 1 amide bonds. The van der Waals surface area contributed by atoms with E-state index in [1.165, 1.54) is 28.8 Å². The van der Waals surface area contributed by atoms with Crippen molar-refractivity contribution >= 4 is 21.6 Å². The molecule has 128 valence electrons. The van der Waals surface area contributed by atoms with Gasteiger partial charge in [-0.05, 0) is 37.3 Å². The molecule has 2 aromatic rings. The summed E-state index contributed by atoms with van der Waals surface area (Å²) in [5.41, 5.74) is 0.387. The molecule has 0 radical (unpaired) electrons. The number of sulfonamides is 1. The molecule has 1 fully saturated rings. The Kier molecular flexibility index (Phi) is 4.70. The largest absolute Gasteiger partial charge is 0.459 e. The molecule has 2 heterocycles. The first kappa shape index (κ1) is 16.7. The number of anilines is 1. The lowest BCUT2D eigenvalue weighted by Gasteiger charge is -2.32. The Hall–Kier alpha value is -2.16. The van der Waals surface area contributed by atoms with E-state index in [9.17, 15) is 13.2 Å². The van der Waals surface area contributed by atoms with Crippen molar-refractivity contribution in [3.05, 3.63) is 48.4 Å². The van der Waals surface area contributed by atoms with Crippen LogP contribution in [0.3, 0.4) is 0 Å². The highest BCUT2D eigenvalue weighted by Crippen LogP contribution is 2.23. The molecule has 1 N–H and O–H groups in total. The fraction of sp³-hybridized carbons (Fsp3) is 0.312. The van der Waals surface area contributed by atoms with Crippen molar-refractivity contribution in [3.63, 3.8) is 0 Å². The van der Waals surface area contributed by atoms with Crippen LogP contribution in [0, 0.1) is 0 Å². The van der Waals surface area contributed by atoms with Crippen molar-refractivity contribution in [2.45, 2.75) is 17.9 Å². The summed E-state index contributed by atoms with van der Waals surface area (Å²) in [5, 5.41) is 2.63. The number of hydrogen-bond acceptors (Lipinski definition) is 5. The first-order valence-corrected chi connectivity index (χ1v) is 8.97. The van der Waals surface area contributed by atoms with Crippen LogP contribution < -0.4 is 5.32 Å². The molecular weight excluding hydrogens is 332 g/mol. The summed E-state index contributed by atoms with van der Waals surface area (Å²) in [6.07, 6.45) is 1.40. The average Bonchev–Trinajstić information content (AvgIpc) is 3.10. The van der Waals surface area contributed by atoms with Gasteiger partial charge in [0, 0.05) is 18.3 Å². The maximum Gasteiger partial charge on any atom is 0.291 e. The Morgan fingerprint density at radius 3 is 2.83 bits per heavy atom. The number of benzene rings is 1. The summed E-state index contributed by atoms with van der Waals surface area (Å²) >= 11 is 0. The van der Waals surface area contributed by atoms with Gasteiger partial charge in [-0.25, -0.2) is 8.42 Å². The highest BCUT2D eigenvalue weighted by Gasteiger charge is 2.31. The van der Waals surface area contributed by atoms with Gasteiger partial charge in [-0.15, -0.1) is 0 Å². The highest BCUT2D eigenvalue weighted by atomic mass is 32.2. The Morgan fingerprint density at radius 1 is 1.29 bits per heavy atom. The van der Waals surface area contributed by atoms with E-state index >= 15 is 0 Å². The van der Waals surface area contributed by atoms with Crippen molar-refractivity contribution in [1.82, 2.24) is 4.31 Å². The van der Waals surface area contributed by atoms with Gasteiger partial charge < -0.3 is 14.5 Å². The predicted molar refractivity (Wildman–Crippen MR) is 87.3 cm³/mol. The molecule has 1 saturated heterocycles. The first-order valence-electron chi connectivity index (χ1n) is 7.53. The minimum absolute atomic E-state index is 0.133. The second-order valence-corrected chi connectivity index (χ2v) is 7.39. The summed E-state index contributed by atoms with van der Waals surface area (Å²) < 4.78 is 37.3. The van der Waals surface area contributed by atoms with E-state index in [2.05, 4.69) is 5.32 Å². The van der Waals surface area contributed by atoms with Crippen LogP contribution in [0.5, 0.6) is 0 Å². The maximum absolute atomic E-state index is 12.8. The molecule has 1 aliphatic rings. The van der Waals surface area contributed by atoms with Crippen LogP contribution in [0.1, 0.15) is 17.5 Å². The smallest absolute Gasteiger partial charge is 0.291 e. The second kappa shape index (κ2) is 6.76. The van der Waals surface area contributed by atoms with Gasteiger partial charge in [0.25, 0.3) is 5.91 Å². The zero-order chi connectivity index (χ0) is 17.2. The van der Waals surface area contributed by atoms with E-state index in [4.69, 9.17) is 9.15 Å². The Labute approximate surface area is 140 Å². The van der Waals surface area contributed by atoms with Crippen LogP contribution in [0.2, 0.25) is 0 Å². The number of hydrogen-bond donors (Lipinski definition) is 1. The van der Waals surface area contributed by atoms with Crippen molar-refractivity contribution < 1.29 is 22.4 Å². The van der Waals surface area contributed by atoms with Gasteiger partial charge in [-0.2, -0.15) is 4.31 Å². The van der Waals surface area contributed by atoms with Gasteiger partial charge in [-0.1, -0.05) is 6.07 Å². The summed E-state index contributed by atoms with van der Waals surface area (Å²) in [4.78, 5) is 12.1. The molecule has 1 atom stereocenters. The summed E-state index contributed by atoms with van der Waals surface area (Å²) in [7, 11) is -3.64. The lowest BCUT2D eigenvalue weighted by atomic mass is 10.3. The molecule has 3 rings (SSSR count). The SMILES string of the molecule is CC1COCCN1S(=O)(=O)c1cccc(NC(=O)c2ccco2)c1. The van der Waals surface area contributed by atoms with E-state index < -0.39 is 15.9 Å². The van der Waals surface area contributed by atoms with Gasteiger partial charge in [0.15, 0.2) is 5.76 Å². The van der Waals surface area contributed by atoms with Gasteiger partial charge in [-0.3, -0.25) is 4.79 Å². The first-order chi connectivity index (χ1) is 11.5. The van der Waals surface area contributed by atoms with Crippen LogP contribution in [-0.2, 0) is 14.8 Å². The predicted octanol–water partition coefficient (Wildman–Crippen LogP) is 1.94. The zero-order valence-electron chi connectivity index (χ0n) is 13.1. The molecule has 1 aromatic carbocycles. The molecule has 0 aliphatic carbocycles. The Balaban J connectivity index is 1.83. The molecule has 0 bridgehead atoms. The van der Waals surface area contributed by atoms with Crippen LogP contribution in [0.15, 0.2) is 52.0 Å². The van der Waals surface area contributed by atoms with Crippen LogP contribution in [0.25, 0.3) is 0 Å². The minimum atomic E-state index is -3.64. The number of furan rings is 1. The van der Waals surface area contributed by atoms with Gasteiger partial charge >= 0.3 is 0 Å². The number of morpholine rings is 1. The van der Waals surface area contributed by atoms with Crippen molar-refractivity contribution in [1.29, 1.82) is 0 Å². The molecule has 7 nitrogen and oxygen atoms in total.